The van der Waals surface area contributed by atoms with Gasteiger partial charge in [0, 0.05) is 25.1 Å². The van der Waals surface area contributed by atoms with E-state index in [1.54, 1.807) is 6.92 Å². The van der Waals surface area contributed by atoms with Crippen molar-refractivity contribution in [1.29, 1.82) is 0 Å². The molecular weight excluding hydrogens is 392 g/mol. The van der Waals surface area contributed by atoms with Gasteiger partial charge in [-0.2, -0.15) is 0 Å². The number of aryl methyl sites for hydroxylation is 1. The van der Waals surface area contributed by atoms with Gasteiger partial charge in [0.2, 0.25) is 0 Å². The van der Waals surface area contributed by atoms with Crippen LogP contribution in [0.5, 0.6) is 0 Å². The van der Waals surface area contributed by atoms with Gasteiger partial charge >= 0.3 is 11.7 Å². The van der Waals surface area contributed by atoms with E-state index >= 15 is 0 Å². The maximum atomic E-state index is 12.4. The summed E-state index contributed by atoms with van der Waals surface area (Å²) >= 11 is 0. The van der Waals surface area contributed by atoms with E-state index in [9.17, 15) is 14.4 Å². The van der Waals surface area contributed by atoms with Crippen LogP contribution < -0.4 is 11.2 Å². The molecule has 0 aromatic carbocycles. The Labute approximate surface area is 173 Å². The van der Waals surface area contributed by atoms with E-state index in [4.69, 9.17) is 15.3 Å². The lowest BCUT2D eigenvalue weighted by molar-refractivity contribution is -0.153. The van der Waals surface area contributed by atoms with Crippen LogP contribution in [0.4, 0.5) is 0 Å². The minimum atomic E-state index is -2.30. The molecule has 3 atom stereocenters. The van der Waals surface area contributed by atoms with Gasteiger partial charge in [0.15, 0.2) is 13.9 Å². The molecule has 0 bridgehead atoms. The number of aromatic amines is 1. The van der Waals surface area contributed by atoms with E-state index in [-0.39, 0.29) is 18.1 Å². The minimum Gasteiger partial charge on any atom is -0.462 e. The number of nitrogens with one attached hydrogen (secondary N) is 1. The average molecular weight is 424 g/mol. The number of hydrogen-bond acceptors (Lipinski definition) is 6. The van der Waals surface area contributed by atoms with E-state index < -0.39 is 43.5 Å². The number of nitrogens with zero attached hydrogens (tertiary/aromatic N) is 1. The molecule has 1 fully saturated rings. The monoisotopic (exact) mass is 423 g/mol. The Morgan fingerprint density at radius 3 is 2.72 bits per heavy atom. The fourth-order valence-electron chi connectivity index (χ4n) is 2.87. The van der Waals surface area contributed by atoms with Crippen molar-refractivity contribution in [1.82, 2.24) is 9.55 Å². The summed E-state index contributed by atoms with van der Waals surface area (Å²) in [7, 11) is -2.30. The maximum Gasteiger partial charge on any atom is 0.330 e. The molecule has 1 N–H and O–H groups in total. The molecule has 0 aliphatic carbocycles. The van der Waals surface area contributed by atoms with Crippen molar-refractivity contribution in [3.05, 3.63) is 32.6 Å². The quantitative estimate of drug-likeness (QED) is 0.442. The van der Waals surface area contributed by atoms with Crippen molar-refractivity contribution < 1.29 is 20.1 Å². The first kappa shape index (κ1) is 21.6. The van der Waals surface area contributed by atoms with Crippen LogP contribution in [0.1, 0.15) is 47.3 Å². The van der Waals surface area contributed by atoms with Gasteiger partial charge in [-0.15, -0.1) is 6.40 Å². The van der Waals surface area contributed by atoms with E-state index in [1.165, 1.54) is 17.7 Å². The molecule has 1 aliphatic heterocycles. The zero-order valence-corrected chi connectivity index (χ0v) is 19.0. The molecule has 0 saturated carbocycles. The molecule has 2 rings (SSSR count). The Hall–Kier alpha value is -2.15. The Balaban J connectivity index is 2.53. The Morgan fingerprint density at radius 2 is 2.17 bits per heavy atom. The standard InChI is InChI=1S/C20H30N2O6Si/c1-9-20(12-26-14(3)23)15(28-29(7,8)19(4,5)6)10-16(27-20)22-11-13(2)17(24)21-18(22)25/h1,11,15-16H,10,12H2,2-8H3,(H,21,24,25)/t15-,16?,20-/m1/s1/i1D. The molecule has 1 aromatic heterocycles. The van der Waals surface area contributed by atoms with Crippen LogP contribution in [0.2, 0.25) is 18.1 Å². The van der Waals surface area contributed by atoms with Crippen molar-refractivity contribution in [3.63, 3.8) is 0 Å². The highest BCUT2D eigenvalue weighted by atomic mass is 28.4. The number of H-pyrrole nitrogens is 1. The number of ether oxygens (including phenoxy) is 2. The van der Waals surface area contributed by atoms with Gasteiger partial charge in [0.05, 0.1) is 6.10 Å². The Bertz CT molecular complexity index is 984. The predicted molar refractivity (Wildman–Crippen MR) is 111 cm³/mol. The second-order valence-electron chi connectivity index (χ2n) is 8.95. The summed E-state index contributed by atoms with van der Waals surface area (Å²) in [5.74, 6) is 2.19. The highest BCUT2D eigenvalue weighted by Gasteiger charge is 2.53. The zero-order chi connectivity index (χ0) is 22.9. The molecule has 1 unspecified atom stereocenters. The Morgan fingerprint density at radius 1 is 1.52 bits per heavy atom. The molecule has 9 heteroatoms. The van der Waals surface area contributed by atoms with Crippen LogP contribution in [0.3, 0.4) is 0 Å². The van der Waals surface area contributed by atoms with E-state index in [2.05, 4.69) is 51.2 Å². The third-order valence-electron chi connectivity index (χ3n) is 5.68. The van der Waals surface area contributed by atoms with Crippen LogP contribution in [0, 0.1) is 19.2 Å². The SMILES string of the molecule is [2H]C#C[C@]1(COC(C)=O)OC(n2cc(C)c(=O)[nH]c2=O)C[C@H]1O[Si](C)(C)C(C)(C)C. The average Bonchev–Trinajstić information content (AvgIpc) is 2.93. The fourth-order valence-corrected chi connectivity index (χ4v) is 4.22. The van der Waals surface area contributed by atoms with E-state index in [0.29, 0.717) is 5.56 Å². The lowest BCUT2D eigenvalue weighted by atomic mass is 9.99. The lowest BCUT2D eigenvalue weighted by Gasteiger charge is -2.41. The third-order valence-corrected chi connectivity index (χ3v) is 10.2. The number of carbonyl (C=O) groups is 1. The number of hydrogen-bond donors (Lipinski definition) is 1. The van der Waals surface area contributed by atoms with Gasteiger partial charge in [0.25, 0.3) is 5.56 Å². The molecule has 2 heterocycles. The maximum absolute atomic E-state index is 12.4. The predicted octanol–water partition coefficient (Wildman–Crippen LogP) is 2.09. The zero-order valence-electron chi connectivity index (χ0n) is 19.0. The molecule has 29 heavy (non-hydrogen) atoms. The highest BCUT2D eigenvalue weighted by molar-refractivity contribution is 6.74. The molecule has 8 nitrogen and oxygen atoms in total. The third kappa shape index (κ3) is 4.71. The molecule has 0 spiro atoms. The highest BCUT2D eigenvalue weighted by Crippen LogP contribution is 2.44. The van der Waals surface area contributed by atoms with Gasteiger partial charge < -0.3 is 13.9 Å². The van der Waals surface area contributed by atoms with Crippen LogP contribution in [0.15, 0.2) is 15.8 Å². The fraction of sp³-hybridized carbons (Fsp3) is 0.650. The van der Waals surface area contributed by atoms with Gasteiger partial charge in [0.1, 0.15) is 14.2 Å². The molecule has 1 aromatic rings. The first-order chi connectivity index (χ1) is 13.7. The first-order valence-corrected chi connectivity index (χ1v) is 12.4. The number of terminal acetylenes is 1. The molecule has 0 amide bonds. The van der Waals surface area contributed by atoms with Crippen LogP contribution in [0.25, 0.3) is 0 Å². The second-order valence-corrected chi connectivity index (χ2v) is 13.7. The summed E-state index contributed by atoms with van der Waals surface area (Å²) in [5, 5.41) is -0.113. The van der Waals surface area contributed by atoms with Crippen LogP contribution in [-0.2, 0) is 18.7 Å². The smallest absolute Gasteiger partial charge is 0.330 e. The normalized spacial score (nSPS) is 25.1. The van der Waals surface area contributed by atoms with Gasteiger partial charge in [-0.1, -0.05) is 26.7 Å². The van der Waals surface area contributed by atoms with Crippen molar-refractivity contribution in [2.75, 3.05) is 6.61 Å². The summed E-state index contributed by atoms with van der Waals surface area (Å²) in [4.78, 5) is 37.9. The molecule has 0 radical (unpaired) electrons. The van der Waals surface area contributed by atoms with Crippen molar-refractivity contribution in [2.24, 2.45) is 0 Å². The van der Waals surface area contributed by atoms with Crippen LogP contribution >= 0.6 is 0 Å². The van der Waals surface area contributed by atoms with Gasteiger partial charge in [-0.25, -0.2) is 4.79 Å². The number of aromatic nitrogens is 2. The topological polar surface area (TPSA) is 99.6 Å². The van der Waals surface area contributed by atoms with Gasteiger partial charge in [-0.3, -0.25) is 19.1 Å². The van der Waals surface area contributed by atoms with E-state index in [0.717, 1.165) is 0 Å². The summed E-state index contributed by atoms with van der Waals surface area (Å²) in [6.07, 6.45) is 2.33. The van der Waals surface area contributed by atoms with Crippen molar-refractivity contribution >= 4 is 14.3 Å². The number of carbonyl (C=O) groups excluding carboxylic acids is 1. The summed E-state index contributed by atoms with van der Waals surface area (Å²) < 4.78 is 26.6. The van der Waals surface area contributed by atoms with E-state index in [1.807, 2.05) is 0 Å². The Kier molecular flexibility index (Phi) is 5.90. The molecule has 1 aliphatic rings. The van der Waals surface area contributed by atoms with Crippen molar-refractivity contribution in [2.45, 2.75) is 77.1 Å². The second kappa shape index (κ2) is 7.93. The summed E-state index contributed by atoms with van der Waals surface area (Å²) in [6, 6.07) is 0. The summed E-state index contributed by atoms with van der Waals surface area (Å²) in [5.41, 5.74) is -2.15. The lowest BCUT2D eigenvalue weighted by Crippen LogP contribution is -2.52. The van der Waals surface area contributed by atoms with Crippen LogP contribution in [-0.4, -0.2) is 42.1 Å². The number of esters is 1. The van der Waals surface area contributed by atoms with Crippen molar-refractivity contribution in [3.8, 4) is 12.3 Å². The summed E-state index contributed by atoms with van der Waals surface area (Å²) in [6.45, 7) is 13.0. The number of rotatable bonds is 5. The minimum absolute atomic E-state index is 0.113. The molecule has 160 valence electrons. The largest absolute Gasteiger partial charge is 0.462 e. The molecule has 1 saturated heterocycles. The molecular formula is C20H30N2O6Si. The van der Waals surface area contributed by atoms with Gasteiger partial charge in [-0.05, 0) is 25.1 Å². The first-order valence-electron chi connectivity index (χ1n) is 9.97.